The van der Waals surface area contributed by atoms with Crippen LogP contribution in [0.25, 0.3) is 22.4 Å². The molecule has 0 N–H and O–H groups in total. The lowest BCUT2D eigenvalue weighted by molar-refractivity contribution is -0.119. The van der Waals surface area contributed by atoms with Crippen LogP contribution in [0.3, 0.4) is 0 Å². The highest BCUT2D eigenvalue weighted by Crippen LogP contribution is 2.24. The maximum Gasteiger partial charge on any atom is 0.267 e. The summed E-state index contributed by atoms with van der Waals surface area (Å²) in [4.78, 5) is 31.7. The summed E-state index contributed by atoms with van der Waals surface area (Å²) in [5.74, 6) is -0.644. The first-order valence-corrected chi connectivity index (χ1v) is 9.45. The Labute approximate surface area is 171 Å². The second-order valence-electron chi connectivity index (χ2n) is 6.87. The van der Waals surface area contributed by atoms with Crippen molar-refractivity contribution in [2.75, 3.05) is 11.4 Å². The monoisotopic (exact) mass is 406 g/mol. The highest BCUT2D eigenvalue weighted by molar-refractivity contribution is 5.93. The van der Waals surface area contributed by atoms with Crippen LogP contribution in [0.5, 0.6) is 0 Å². The number of hydrogen-bond acceptors (Lipinski definition) is 5. The van der Waals surface area contributed by atoms with Gasteiger partial charge in [-0.25, -0.2) is 9.37 Å². The molecule has 2 heterocycles. The molecular formula is C22H19FN4O3. The van der Waals surface area contributed by atoms with E-state index in [1.54, 1.807) is 4.90 Å². The maximum absolute atomic E-state index is 13.2. The zero-order valence-electron chi connectivity index (χ0n) is 16.5. The zero-order valence-corrected chi connectivity index (χ0v) is 16.5. The van der Waals surface area contributed by atoms with Crippen molar-refractivity contribution in [3.05, 3.63) is 76.6 Å². The first-order valence-electron chi connectivity index (χ1n) is 9.45. The third-order valence-electron chi connectivity index (χ3n) is 4.82. The molecule has 8 heteroatoms. The van der Waals surface area contributed by atoms with Gasteiger partial charge in [0.2, 0.25) is 5.91 Å². The van der Waals surface area contributed by atoms with Gasteiger partial charge in [-0.2, -0.15) is 0 Å². The number of anilines is 1. The van der Waals surface area contributed by atoms with Gasteiger partial charge in [-0.3, -0.25) is 14.2 Å². The summed E-state index contributed by atoms with van der Waals surface area (Å²) in [6.07, 6.45) is 1.27. The molecule has 0 aliphatic heterocycles. The number of carbonyl (C=O) groups excluding carboxylic acids is 1. The predicted octanol–water partition coefficient (Wildman–Crippen LogP) is 3.55. The van der Waals surface area contributed by atoms with Crippen molar-refractivity contribution in [3.8, 4) is 11.3 Å². The standard InChI is InChI=1S/C22H19FN4O3/c1-3-27(17-6-4-5-14(2)11-17)18(28)12-26-13-24-21-19(22(26)29)20(25-30-21)15-7-9-16(23)10-8-15/h4-11,13H,3,12H2,1-2H3. The molecule has 152 valence electrons. The van der Waals surface area contributed by atoms with Gasteiger partial charge in [0.05, 0.1) is 0 Å². The maximum atomic E-state index is 13.2. The predicted molar refractivity (Wildman–Crippen MR) is 111 cm³/mol. The first-order chi connectivity index (χ1) is 14.5. The summed E-state index contributed by atoms with van der Waals surface area (Å²) in [5, 5.41) is 4.06. The minimum absolute atomic E-state index is 0.0639. The molecular weight excluding hydrogens is 387 g/mol. The summed E-state index contributed by atoms with van der Waals surface area (Å²) < 4.78 is 19.6. The summed E-state index contributed by atoms with van der Waals surface area (Å²) in [7, 11) is 0. The first kappa shape index (κ1) is 19.5. The van der Waals surface area contributed by atoms with Crippen molar-refractivity contribution in [2.45, 2.75) is 20.4 Å². The summed E-state index contributed by atoms with van der Waals surface area (Å²) in [6.45, 7) is 4.10. The van der Waals surface area contributed by atoms with E-state index in [4.69, 9.17) is 4.52 Å². The number of fused-ring (bicyclic) bond motifs is 1. The molecule has 0 aliphatic rings. The van der Waals surface area contributed by atoms with E-state index in [-0.39, 0.29) is 29.2 Å². The number of hydrogen-bond donors (Lipinski definition) is 0. The molecule has 0 bridgehead atoms. The summed E-state index contributed by atoms with van der Waals surface area (Å²) in [5.41, 5.74) is 2.20. The Morgan fingerprint density at radius 2 is 1.97 bits per heavy atom. The fraction of sp³-hybridized carbons (Fsp3) is 0.182. The van der Waals surface area contributed by atoms with E-state index >= 15 is 0 Å². The van der Waals surface area contributed by atoms with Gasteiger partial charge in [0.15, 0.2) is 0 Å². The number of carbonyl (C=O) groups is 1. The van der Waals surface area contributed by atoms with Crippen molar-refractivity contribution in [3.63, 3.8) is 0 Å². The number of halogens is 1. The number of rotatable bonds is 5. The lowest BCUT2D eigenvalue weighted by Crippen LogP contribution is -2.36. The van der Waals surface area contributed by atoms with E-state index in [0.717, 1.165) is 11.3 Å². The Bertz CT molecular complexity index is 1280. The molecule has 0 aliphatic carbocycles. The van der Waals surface area contributed by atoms with Gasteiger partial charge in [-0.1, -0.05) is 17.3 Å². The van der Waals surface area contributed by atoms with Crippen LogP contribution in [0.2, 0.25) is 0 Å². The average Bonchev–Trinajstić information content (AvgIpc) is 3.16. The van der Waals surface area contributed by atoms with E-state index in [9.17, 15) is 14.0 Å². The molecule has 0 unspecified atom stereocenters. The minimum atomic E-state index is -0.450. The van der Waals surface area contributed by atoms with Crippen molar-refractivity contribution >= 4 is 22.7 Å². The van der Waals surface area contributed by atoms with Crippen LogP contribution in [-0.2, 0) is 11.3 Å². The van der Waals surface area contributed by atoms with Gasteiger partial charge in [0.25, 0.3) is 11.3 Å². The molecule has 1 amide bonds. The fourth-order valence-electron chi connectivity index (χ4n) is 3.33. The van der Waals surface area contributed by atoms with Gasteiger partial charge in [0, 0.05) is 17.8 Å². The number of aromatic nitrogens is 3. The van der Waals surface area contributed by atoms with Crippen LogP contribution in [-0.4, -0.2) is 27.2 Å². The van der Waals surface area contributed by atoms with Crippen LogP contribution in [0, 0.1) is 12.7 Å². The Balaban J connectivity index is 1.70. The Kier molecular flexibility index (Phi) is 5.14. The quantitative estimate of drug-likeness (QED) is 0.506. The Hall–Kier alpha value is -3.81. The number of likely N-dealkylation sites (N-methyl/N-ethyl adjacent to an activating group) is 1. The molecule has 0 saturated heterocycles. The normalized spacial score (nSPS) is 11.0. The molecule has 30 heavy (non-hydrogen) atoms. The SMILES string of the molecule is CCN(C(=O)Cn1cnc2onc(-c3ccc(F)cc3)c2c1=O)c1cccc(C)c1. The number of benzene rings is 2. The van der Waals surface area contributed by atoms with Crippen molar-refractivity contribution in [1.29, 1.82) is 0 Å². The second kappa shape index (κ2) is 7.90. The zero-order chi connectivity index (χ0) is 21.3. The Morgan fingerprint density at radius 3 is 2.67 bits per heavy atom. The fourth-order valence-corrected chi connectivity index (χ4v) is 3.33. The minimum Gasteiger partial charge on any atom is -0.335 e. The van der Waals surface area contributed by atoms with E-state index in [0.29, 0.717) is 12.1 Å². The third kappa shape index (κ3) is 3.59. The number of amides is 1. The van der Waals surface area contributed by atoms with Gasteiger partial charge in [-0.15, -0.1) is 0 Å². The summed E-state index contributed by atoms with van der Waals surface area (Å²) >= 11 is 0. The molecule has 0 radical (unpaired) electrons. The topological polar surface area (TPSA) is 81.2 Å². The molecule has 2 aromatic heterocycles. The molecule has 0 fully saturated rings. The average molecular weight is 406 g/mol. The van der Waals surface area contributed by atoms with Crippen LogP contribution in [0.1, 0.15) is 12.5 Å². The van der Waals surface area contributed by atoms with Crippen molar-refractivity contribution in [2.24, 2.45) is 0 Å². The van der Waals surface area contributed by atoms with Gasteiger partial charge in [0.1, 0.15) is 29.8 Å². The van der Waals surface area contributed by atoms with Crippen LogP contribution in [0.4, 0.5) is 10.1 Å². The second-order valence-corrected chi connectivity index (χ2v) is 6.87. The lowest BCUT2D eigenvalue weighted by atomic mass is 10.1. The van der Waals surface area contributed by atoms with E-state index in [1.807, 2.05) is 38.1 Å². The molecule has 0 atom stereocenters. The van der Waals surface area contributed by atoms with Crippen LogP contribution < -0.4 is 10.5 Å². The highest BCUT2D eigenvalue weighted by atomic mass is 19.1. The largest absolute Gasteiger partial charge is 0.335 e. The smallest absolute Gasteiger partial charge is 0.267 e. The molecule has 7 nitrogen and oxygen atoms in total. The van der Waals surface area contributed by atoms with Crippen LogP contribution in [0.15, 0.2) is 64.2 Å². The van der Waals surface area contributed by atoms with Gasteiger partial charge in [-0.05, 0) is 55.8 Å². The van der Waals surface area contributed by atoms with E-state index in [1.165, 1.54) is 35.2 Å². The van der Waals surface area contributed by atoms with Crippen LogP contribution >= 0.6 is 0 Å². The lowest BCUT2D eigenvalue weighted by Gasteiger charge is -2.21. The van der Waals surface area contributed by atoms with E-state index < -0.39 is 11.4 Å². The number of nitrogens with zero attached hydrogens (tertiary/aromatic N) is 4. The van der Waals surface area contributed by atoms with E-state index in [2.05, 4.69) is 10.1 Å². The van der Waals surface area contributed by atoms with Gasteiger partial charge < -0.3 is 9.42 Å². The number of aryl methyl sites for hydroxylation is 1. The molecule has 4 rings (SSSR count). The molecule has 0 saturated carbocycles. The molecule has 0 spiro atoms. The Morgan fingerprint density at radius 1 is 1.20 bits per heavy atom. The third-order valence-corrected chi connectivity index (χ3v) is 4.82. The highest BCUT2D eigenvalue weighted by Gasteiger charge is 2.20. The van der Waals surface area contributed by atoms with Crippen molar-refractivity contribution in [1.82, 2.24) is 14.7 Å². The molecule has 4 aromatic rings. The summed E-state index contributed by atoms with van der Waals surface area (Å²) in [6, 6.07) is 13.2. The van der Waals surface area contributed by atoms with Gasteiger partial charge >= 0.3 is 0 Å². The van der Waals surface area contributed by atoms with Crippen molar-refractivity contribution < 1.29 is 13.7 Å². The molecule has 2 aromatic carbocycles.